The highest BCUT2D eigenvalue weighted by Gasteiger charge is 2.32. The maximum Gasteiger partial charge on any atom is 0.573 e. The van der Waals surface area contributed by atoms with Gasteiger partial charge in [-0.3, -0.25) is 4.79 Å². The molecule has 0 unspecified atom stereocenters. The highest BCUT2D eigenvalue weighted by Crippen LogP contribution is 2.34. The summed E-state index contributed by atoms with van der Waals surface area (Å²) >= 11 is 0. The van der Waals surface area contributed by atoms with Gasteiger partial charge in [0.05, 0.1) is 7.11 Å². The van der Waals surface area contributed by atoms with Gasteiger partial charge >= 0.3 is 12.0 Å². The molecule has 0 aliphatic carbocycles. The third-order valence-electron chi connectivity index (χ3n) is 4.73. The summed E-state index contributed by atoms with van der Waals surface area (Å²) in [6.45, 7) is 0. The summed E-state index contributed by atoms with van der Waals surface area (Å²) in [6.07, 6.45) is -4.85. The number of nitrogens with one attached hydrogen (secondary N) is 1. The Morgan fingerprint density at radius 1 is 0.939 bits per heavy atom. The van der Waals surface area contributed by atoms with Crippen LogP contribution in [-0.2, 0) is 0 Å². The number of amides is 1. The fourth-order valence-electron chi connectivity index (χ4n) is 3.32. The van der Waals surface area contributed by atoms with Gasteiger partial charge in [0.15, 0.2) is 11.3 Å². The molecule has 4 rings (SSSR count). The number of rotatable bonds is 5. The number of hydrogen-bond donors (Lipinski definition) is 1. The molecule has 1 N–H and O–H groups in total. The predicted molar refractivity (Wildman–Crippen MR) is 116 cm³/mol. The van der Waals surface area contributed by atoms with E-state index >= 15 is 0 Å². The Balaban J connectivity index is 1.65. The van der Waals surface area contributed by atoms with E-state index in [9.17, 15) is 22.8 Å². The van der Waals surface area contributed by atoms with E-state index < -0.39 is 17.9 Å². The van der Waals surface area contributed by atoms with Crippen molar-refractivity contribution in [3.8, 4) is 22.6 Å². The molecule has 1 aromatic heterocycles. The highest BCUT2D eigenvalue weighted by atomic mass is 19.4. The molecule has 0 spiro atoms. The zero-order chi connectivity index (χ0) is 23.6. The molecule has 168 valence electrons. The van der Waals surface area contributed by atoms with E-state index in [4.69, 9.17) is 9.15 Å². The van der Waals surface area contributed by atoms with Crippen LogP contribution in [0, 0.1) is 0 Å². The second-order valence-electron chi connectivity index (χ2n) is 6.91. The number of benzene rings is 3. The van der Waals surface area contributed by atoms with Crippen LogP contribution in [0.2, 0.25) is 0 Å². The van der Waals surface area contributed by atoms with E-state index in [1.165, 1.54) is 37.4 Å². The summed E-state index contributed by atoms with van der Waals surface area (Å²) in [7, 11) is 1.43. The van der Waals surface area contributed by atoms with Crippen LogP contribution < -0.4 is 20.4 Å². The smallest absolute Gasteiger partial charge is 0.493 e. The number of anilines is 1. The van der Waals surface area contributed by atoms with E-state index in [1.807, 2.05) is 0 Å². The van der Waals surface area contributed by atoms with Crippen molar-refractivity contribution in [2.24, 2.45) is 0 Å². The molecule has 0 atom stereocenters. The molecule has 1 heterocycles. The van der Waals surface area contributed by atoms with Crippen molar-refractivity contribution in [1.82, 2.24) is 0 Å². The van der Waals surface area contributed by atoms with Gasteiger partial charge in [-0.05, 0) is 35.9 Å². The second kappa shape index (κ2) is 8.70. The first-order chi connectivity index (χ1) is 15.7. The standard InChI is InChI=1S/C24H16F3NO5/c1-31-20-11-5-7-15-13-18(23(30)32-21(15)20)22(29)28-16-8-4-6-14(12-16)17-9-2-3-10-19(17)33-24(25,26)27/h2-13H,1H3,(H,28,29). The van der Waals surface area contributed by atoms with Gasteiger partial charge in [-0.1, -0.05) is 42.5 Å². The van der Waals surface area contributed by atoms with Gasteiger partial charge in [-0.2, -0.15) is 0 Å². The molecule has 1 amide bonds. The minimum absolute atomic E-state index is 0.184. The quantitative estimate of drug-likeness (QED) is 0.395. The lowest BCUT2D eigenvalue weighted by atomic mass is 10.0. The summed E-state index contributed by atoms with van der Waals surface area (Å²) in [5.41, 5.74) is -0.0491. The molecule has 0 fully saturated rings. The number of carbonyl (C=O) groups is 1. The van der Waals surface area contributed by atoms with Gasteiger partial charge in [0.1, 0.15) is 11.3 Å². The third kappa shape index (κ3) is 4.82. The molecule has 4 aromatic rings. The van der Waals surface area contributed by atoms with Crippen LogP contribution in [0.1, 0.15) is 10.4 Å². The molecule has 3 aromatic carbocycles. The number of carbonyl (C=O) groups excluding carboxylic acids is 1. The van der Waals surface area contributed by atoms with Crippen LogP contribution in [0.15, 0.2) is 82.0 Å². The maximum absolute atomic E-state index is 12.8. The van der Waals surface area contributed by atoms with Gasteiger partial charge in [0.25, 0.3) is 5.91 Å². The number of methoxy groups -OCH3 is 1. The number of ether oxygens (including phenoxy) is 2. The topological polar surface area (TPSA) is 77.8 Å². The number of alkyl halides is 3. The Hall–Kier alpha value is -4.27. The number of halogens is 3. The van der Waals surface area contributed by atoms with Crippen LogP contribution in [0.5, 0.6) is 11.5 Å². The largest absolute Gasteiger partial charge is 0.573 e. The Morgan fingerprint density at radius 2 is 1.67 bits per heavy atom. The molecular weight excluding hydrogens is 439 g/mol. The SMILES string of the molecule is COc1cccc2cc(C(=O)Nc3cccc(-c4ccccc4OC(F)(F)F)c3)c(=O)oc12. The van der Waals surface area contributed by atoms with Crippen molar-refractivity contribution >= 4 is 22.6 Å². The maximum atomic E-state index is 12.8. The Morgan fingerprint density at radius 3 is 2.42 bits per heavy atom. The summed E-state index contributed by atoms with van der Waals surface area (Å²) in [6, 6.07) is 18.2. The molecule has 0 saturated carbocycles. The van der Waals surface area contributed by atoms with Crippen LogP contribution in [0.3, 0.4) is 0 Å². The van der Waals surface area contributed by atoms with E-state index in [0.717, 1.165) is 0 Å². The average molecular weight is 455 g/mol. The van der Waals surface area contributed by atoms with Crippen LogP contribution in [-0.4, -0.2) is 19.4 Å². The van der Waals surface area contributed by atoms with Gasteiger partial charge in [-0.15, -0.1) is 13.2 Å². The van der Waals surface area contributed by atoms with Gasteiger partial charge < -0.3 is 19.2 Å². The fraction of sp³-hybridized carbons (Fsp3) is 0.0833. The molecule has 33 heavy (non-hydrogen) atoms. The minimum atomic E-state index is -4.85. The van der Waals surface area contributed by atoms with Crippen LogP contribution >= 0.6 is 0 Å². The van der Waals surface area contributed by atoms with Crippen molar-refractivity contribution in [3.05, 3.63) is 88.8 Å². The lowest BCUT2D eigenvalue weighted by molar-refractivity contribution is -0.274. The Labute approximate surface area is 185 Å². The van der Waals surface area contributed by atoms with E-state index in [-0.39, 0.29) is 28.1 Å². The van der Waals surface area contributed by atoms with Crippen molar-refractivity contribution in [2.45, 2.75) is 6.36 Å². The van der Waals surface area contributed by atoms with E-state index in [2.05, 4.69) is 10.1 Å². The second-order valence-corrected chi connectivity index (χ2v) is 6.91. The van der Waals surface area contributed by atoms with Crippen molar-refractivity contribution in [3.63, 3.8) is 0 Å². The molecule has 9 heteroatoms. The molecule has 6 nitrogen and oxygen atoms in total. The Kier molecular flexibility index (Phi) is 5.78. The summed E-state index contributed by atoms with van der Waals surface area (Å²) in [5, 5.41) is 3.07. The lowest BCUT2D eigenvalue weighted by Gasteiger charge is -2.14. The number of para-hydroxylation sites is 2. The van der Waals surface area contributed by atoms with Crippen LogP contribution in [0.25, 0.3) is 22.1 Å². The van der Waals surface area contributed by atoms with Crippen molar-refractivity contribution < 1.29 is 31.9 Å². The molecule has 0 aliphatic heterocycles. The van der Waals surface area contributed by atoms with Gasteiger partial charge in [-0.25, -0.2) is 4.79 Å². The molecular formula is C24H16F3NO5. The zero-order valence-electron chi connectivity index (χ0n) is 17.1. The molecule has 0 saturated heterocycles. The first-order valence-corrected chi connectivity index (χ1v) is 9.62. The summed E-state index contributed by atoms with van der Waals surface area (Å²) in [4.78, 5) is 25.2. The fourth-order valence-corrected chi connectivity index (χ4v) is 3.32. The normalized spacial score (nSPS) is 11.3. The number of hydrogen-bond acceptors (Lipinski definition) is 5. The van der Waals surface area contributed by atoms with Gasteiger partial charge in [0, 0.05) is 16.6 Å². The summed E-state index contributed by atoms with van der Waals surface area (Å²) in [5.74, 6) is -0.757. The first-order valence-electron chi connectivity index (χ1n) is 9.62. The van der Waals surface area contributed by atoms with Gasteiger partial charge in [0.2, 0.25) is 0 Å². The average Bonchev–Trinajstić information content (AvgIpc) is 2.77. The first kappa shape index (κ1) is 21.9. The van der Waals surface area contributed by atoms with E-state index in [1.54, 1.807) is 42.5 Å². The minimum Gasteiger partial charge on any atom is -0.493 e. The monoisotopic (exact) mass is 455 g/mol. The van der Waals surface area contributed by atoms with Crippen molar-refractivity contribution in [2.75, 3.05) is 12.4 Å². The predicted octanol–water partition coefficient (Wildman–Crippen LogP) is 5.62. The number of fused-ring (bicyclic) bond motifs is 1. The Bertz CT molecular complexity index is 1390. The summed E-state index contributed by atoms with van der Waals surface area (Å²) < 4.78 is 52.8. The molecule has 0 bridgehead atoms. The van der Waals surface area contributed by atoms with E-state index in [0.29, 0.717) is 16.7 Å². The lowest BCUT2D eigenvalue weighted by Crippen LogP contribution is -2.20. The third-order valence-corrected chi connectivity index (χ3v) is 4.73. The highest BCUT2D eigenvalue weighted by molar-refractivity contribution is 6.06. The van der Waals surface area contributed by atoms with Crippen molar-refractivity contribution in [1.29, 1.82) is 0 Å². The zero-order valence-corrected chi connectivity index (χ0v) is 17.1. The molecule has 0 radical (unpaired) electrons. The van der Waals surface area contributed by atoms with Crippen LogP contribution in [0.4, 0.5) is 18.9 Å². The molecule has 0 aliphatic rings.